The molecule has 0 nitrogen and oxygen atoms in total. The van der Waals surface area contributed by atoms with E-state index in [0.29, 0.717) is 5.92 Å². The van der Waals surface area contributed by atoms with Crippen molar-refractivity contribution in [1.29, 1.82) is 0 Å². The molecule has 2 aromatic rings. The monoisotopic (exact) mass is 356 g/mol. The number of hydrogen-bond donors (Lipinski definition) is 0. The Morgan fingerprint density at radius 3 is 2.32 bits per heavy atom. The van der Waals surface area contributed by atoms with E-state index in [0.717, 1.165) is 29.6 Å². The first-order valence-electron chi connectivity index (χ1n) is 6.59. The molecule has 0 aliphatic rings. The molecule has 102 valence electrons. The molecule has 1 heterocycles. The van der Waals surface area contributed by atoms with Gasteiger partial charge in [-0.05, 0) is 55.0 Å². The van der Waals surface area contributed by atoms with E-state index in [-0.39, 0.29) is 0 Å². The molecule has 0 aliphatic heterocycles. The maximum atomic E-state index is 6.13. The number of benzene rings is 1. The second-order valence-electron chi connectivity index (χ2n) is 4.78. The van der Waals surface area contributed by atoms with E-state index in [4.69, 9.17) is 11.6 Å². The van der Waals surface area contributed by atoms with Crippen LogP contribution in [0.4, 0.5) is 0 Å². The quantitative estimate of drug-likeness (QED) is 0.581. The maximum Gasteiger partial charge on any atom is 0.0258 e. The van der Waals surface area contributed by atoms with E-state index in [9.17, 15) is 0 Å². The summed E-state index contributed by atoms with van der Waals surface area (Å²) in [6, 6.07) is 13.0. The lowest BCUT2D eigenvalue weighted by atomic mass is 9.97. The first-order chi connectivity index (χ1) is 9.21. The van der Waals surface area contributed by atoms with Gasteiger partial charge < -0.3 is 0 Å². The van der Waals surface area contributed by atoms with E-state index >= 15 is 0 Å². The molecule has 1 atom stereocenters. The van der Waals surface area contributed by atoms with Crippen molar-refractivity contribution in [3.05, 3.63) is 56.2 Å². The molecule has 0 radical (unpaired) electrons. The van der Waals surface area contributed by atoms with Gasteiger partial charge in [0.1, 0.15) is 0 Å². The number of thiophene rings is 1. The predicted molar refractivity (Wildman–Crippen MR) is 89.5 cm³/mol. The van der Waals surface area contributed by atoms with Crippen molar-refractivity contribution in [3.8, 4) is 0 Å². The van der Waals surface area contributed by atoms with Crippen LogP contribution in [0.5, 0.6) is 0 Å². The molecular formula is C16H18BrClS. The predicted octanol–water partition coefficient (Wildman–Crippen LogP) is 5.71. The lowest BCUT2D eigenvalue weighted by molar-refractivity contribution is 0.589. The van der Waals surface area contributed by atoms with Gasteiger partial charge in [0.25, 0.3) is 0 Å². The van der Waals surface area contributed by atoms with E-state index in [1.54, 1.807) is 0 Å². The average Bonchev–Trinajstić information content (AvgIpc) is 2.88. The molecule has 0 saturated heterocycles. The zero-order valence-electron chi connectivity index (χ0n) is 11.0. The molecule has 0 amide bonds. The van der Waals surface area contributed by atoms with Crippen molar-refractivity contribution in [2.24, 2.45) is 5.92 Å². The van der Waals surface area contributed by atoms with Gasteiger partial charge in [-0.3, -0.25) is 0 Å². The molecule has 1 aromatic heterocycles. The molecule has 0 saturated carbocycles. The molecular weight excluding hydrogens is 340 g/mol. The van der Waals surface area contributed by atoms with Crippen LogP contribution in [0, 0.1) is 5.92 Å². The van der Waals surface area contributed by atoms with Crippen LogP contribution in [0.15, 0.2) is 40.9 Å². The van der Waals surface area contributed by atoms with E-state index < -0.39 is 0 Å². The van der Waals surface area contributed by atoms with Crippen LogP contribution in [-0.4, -0.2) is 5.88 Å². The fourth-order valence-electron chi connectivity index (χ4n) is 2.14. The third-order valence-corrected chi connectivity index (χ3v) is 5.43. The Morgan fingerprint density at radius 2 is 1.74 bits per heavy atom. The van der Waals surface area contributed by atoms with Crippen molar-refractivity contribution >= 4 is 38.9 Å². The second-order valence-corrected chi connectivity index (χ2v) is 7.25. The van der Waals surface area contributed by atoms with Crippen LogP contribution in [0.25, 0.3) is 0 Å². The third kappa shape index (κ3) is 4.62. The van der Waals surface area contributed by atoms with Crippen LogP contribution >= 0.6 is 38.9 Å². The normalized spacial score (nSPS) is 12.6. The molecule has 0 bridgehead atoms. The fourth-order valence-corrected chi connectivity index (χ4v) is 3.70. The highest BCUT2D eigenvalue weighted by Gasteiger charge is 2.11. The topological polar surface area (TPSA) is 0 Å². The second kappa shape index (κ2) is 7.47. The first kappa shape index (κ1) is 15.1. The van der Waals surface area contributed by atoms with E-state index in [1.807, 2.05) is 11.3 Å². The Hall–Kier alpha value is -0.310. The van der Waals surface area contributed by atoms with Crippen molar-refractivity contribution < 1.29 is 0 Å². The minimum atomic E-state index is 0.520. The highest BCUT2D eigenvalue weighted by atomic mass is 79.9. The van der Waals surface area contributed by atoms with Crippen molar-refractivity contribution in [2.45, 2.75) is 26.2 Å². The summed E-state index contributed by atoms with van der Waals surface area (Å²) in [7, 11) is 0. The molecule has 0 N–H and O–H groups in total. The summed E-state index contributed by atoms with van der Waals surface area (Å²) in [4.78, 5) is 2.92. The van der Waals surface area contributed by atoms with E-state index in [1.165, 1.54) is 15.3 Å². The summed E-state index contributed by atoms with van der Waals surface area (Å²) in [5.41, 5.74) is 1.36. The average molecular weight is 358 g/mol. The number of aryl methyl sites for hydroxylation is 1. The van der Waals surface area contributed by atoms with Gasteiger partial charge in [0.05, 0.1) is 0 Å². The van der Waals surface area contributed by atoms with Gasteiger partial charge in [0.2, 0.25) is 0 Å². The van der Waals surface area contributed by atoms with Gasteiger partial charge in [-0.25, -0.2) is 0 Å². The highest BCUT2D eigenvalue weighted by molar-refractivity contribution is 9.10. The summed E-state index contributed by atoms with van der Waals surface area (Å²) in [5.74, 6) is 1.24. The van der Waals surface area contributed by atoms with Gasteiger partial charge in [-0.2, -0.15) is 0 Å². The van der Waals surface area contributed by atoms with Crippen LogP contribution in [0.3, 0.4) is 0 Å². The third-order valence-electron chi connectivity index (χ3n) is 3.21. The molecule has 0 fully saturated rings. The summed E-state index contributed by atoms with van der Waals surface area (Å²) in [6.07, 6.45) is 3.27. The first-order valence-corrected chi connectivity index (χ1v) is 8.73. The Bertz CT molecular complexity index is 504. The van der Waals surface area contributed by atoms with E-state index in [2.05, 4.69) is 59.3 Å². The Labute approximate surface area is 132 Å². The number of halogens is 2. The smallest absolute Gasteiger partial charge is 0.0258 e. The minimum Gasteiger partial charge on any atom is -0.145 e. The summed E-state index contributed by atoms with van der Waals surface area (Å²) in [5, 5.41) is 0. The molecule has 1 unspecified atom stereocenters. The Morgan fingerprint density at radius 1 is 1.05 bits per heavy atom. The Balaban J connectivity index is 1.98. The number of rotatable bonds is 6. The summed E-state index contributed by atoms with van der Waals surface area (Å²) >= 11 is 11.5. The maximum absolute atomic E-state index is 6.13. The highest BCUT2D eigenvalue weighted by Crippen LogP contribution is 2.23. The molecule has 2 rings (SSSR count). The van der Waals surface area contributed by atoms with Gasteiger partial charge in [-0.1, -0.05) is 35.0 Å². The van der Waals surface area contributed by atoms with Crippen LogP contribution < -0.4 is 0 Å². The van der Waals surface area contributed by atoms with Crippen molar-refractivity contribution in [2.75, 3.05) is 5.88 Å². The summed E-state index contributed by atoms with van der Waals surface area (Å²) in [6.45, 7) is 2.20. The van der Waals surface area contributed by atoms with Crippen LogP contribution in [0.1, 0.15) is 22.2 Å². The minimum absolute atomic E-state index is 0.520. The molecule has 19 heavy (non-hydrogen) atoms. The van der Waals surface area contributed by atoms with Gasteiger partial charge in [0.15, 0.2) is 0 Å². The van der Waals surface area contributed by atoms with Crippen LogP contribution in [-0.2, 0) is 19.3 Å². The Kier molecular flexibility index (Phi) is 5.93. The van der Waals surface area contributed by atoms with Gasteiger partial charge >= 0.3 is 0 Å². The van der Waals surface area contributed by atoms with Crippen molar-refractivity contribution in [1.82, 2.24) is 0 Å². The van der Waals surface area contributed by atoms with Crippen LogP contribution in [0.2, 0.25) is 0 Å². The zero-order chi connectivity index (χ0) is 13.7. The zero-order valence-corrected chi connectivity index (χ0v) is 14.2. The largest absolute Gasteiger partial charge is 0.145 e. The van der Waals surface area contributed by atoms with Gasteiger partial charge in [-0.15, -0.1) is 22.9 Å². The number of alkyl halides is 1. The SMILES string of the molecule is CCc1ccc(CC(CCl)Cc2ccc(Br)cc2)s1. The standard InChI is InChI=1S/C16H18BrClS/c1-2-15-7-8-16(19-15)10-13(11-18)9-12-3-5-14(17)6-4-12/h3-8,13H,2,9-11H2,1H3. The molecule has 1 aromatic carbocycles. The molecule has 0 aliphatic carbocycles. The summed E-state index contributed by atoms with van der Waals surface area (Å²) < 4.78 is 1.13. The lowest BCUT2D eigenvalue weighted by Crippen LogP contribution is -2.09. The fraction of sp³-hybridized carbons (Fsp3) is 0.375. The van der Waals surface area contributed by atoms with Gasteiger partial charge in [0, 0.05) is 20.1 Å². The molecule has 0 spiro atoms. The van der Waals surface area contributed by atoms with Crippen molar-refractivity contribution in [3.63, 3.8) is 0 Å². The lowest BCUT2D eigenvalue weighted by Gasteiger charge is -2.13. The number of hydrogen-bond acceptors (Lipinski definition) is 1. The molecule has 3 heteroatoms.